The van der Waals surface area contributed by atoms with Crippen LogP contribution in [0.2, 0.25) is 15.1 Å². The molecule has 0 N–H and O–H groups in total. The quantitative estimate of drug-likeness (QED) is 0.546. The van der Waals surface area contributed by atoms with Gasteiger partial charge >= 0.3 is 0 Å². The van der Waals surface area contributed by atoms with E-state index in [1.165, 1.54) is 0 Å². The fourth-order valence-corrected chi connectivity index (χ4v) is 2.23. The Hall–Kier alpha value is -1.16. The highest BCUT2D eigenvalue weighted by Gasteiger charge is 2.17. The number of benzene rings is 2. The zero-order valence-electron chi connectivity index (χ0n) is 9.89. The van der Waals surface area contributed by atoms with Gasteiger partial charge in [0.15, 0.2) is 5.78 Å². The predicted octanol–water partition coefficient (Wildman–Crippen LogP) is 5.35. The van der Waals surface area contributed by atoms with Gasteiger partial charge < -0.3 is 0 Å². The first-order valence-electron chi connectivity index (χ1n) is 5.50. The summed E-state index contributed by atoms with van der Waals surface area (Å²) in [5.41, 5.74) is 0.0712. The highest BCUT2D eigenvalue weighted by Crippen LogP contribution is 2.27. The minimum Gasteiger partial charge on any atom is -0.294 e. The van der Waals surface area contributed by atoms with Crippen LogP contribution in [0.25, 0.3) is 0 Å². The van der Waals surface area contributed by atoms with Gasteiger partial charge in [-0.05, 0) is 23.8 Å². The van der Waals surface area contributed by atoms with Crippen molar-refractivity contribution in [2.75, 3.05) is 0 Å². The van der Waals surface area contributed by atoms with Crippen molar-refractivity contribution < 1.29 is 13.6 Å². The van der Waals surface area contributed by atoms with Gasteiger partial charge in [-0.1, -0.05) is 46.9 Å². The van der Waals surface area contributed by atoms with Gasteiger partial charge in [0.2, 0.25) is 0 Å². The predicted molar refractivity (Wildman–Crippen MR) is 75.9 cm³/mol. The van der Waals surface area contributed by atoms with Crippen LogP contribution >= 0.6 is 34.8 Å². The monoisotopic (exact) mass is 334 g/mol. The Morgan fingerprint density at radius 1 is 1.00 bits per heavy atom. The van der Waals surface area contributed by atoms with Crippen molar-refractivity contribution in [1.82, 2.24) is 0 Å². The molecule has 0 aliphatic heterocycles. The Morgan fingerprint density at radius 3 is 2.40 bits per heavy atom. The summed E-state index contributed by atoms with van der Waals surface area (Å²) in [6.07, 6.45) is -0.183. The van der Waals surface area contributed by atoms with Crippen LogP contribution in [0.3, 0.4) is 0 Å². The lowest BCUT2D eigenvalue weighted by molar-refractivity contribution is 0.0988. The van der Waals surface area contributed by atoms with Crippen LogP contribution in [0, 0.1) is 11.6 Å². The molecule has 0 atom stereocenters. The summed E-state index contributed by atoms with van der Waals surface area (Å²) < 4.78 is 26.9. The van der Waals surface area contributed by atoms with E-state index in [1.807, 2.05) is 0 Å². The third kappa shape index (κ3) is 3.11. The molecule has 0 radical (unpaired) electrons. The maximum atomic E-state index is 13.6. The van der Waals surface area contributed by atoms with E-state index < -0.39 is 17.4 Å². The first-order valence-corrected chi connectivity index (χ1v) is 6.64. The molecule has 0 aliphatic rings. The molecule has 2 aromatic carbocycles. The zero-order valence-corrected chi connectivity index (χ0v) is 12.2. The fraction of sp³-hybridized carbons (Fsp3) is 0.0714. The fourth-order valence-electron chi connectivity index (χ4n) is 1.69. The standard InChI is InChI=1S/C14H7Cl3F2O/c15-9-3-1-2-7(14(9)17)4-13(20)8-5-12(19)10(16)6-11(8)18/h1-3,5-6H,4H2. The summed E-state index contributed by atoms with van der Waals surface area (Å²) in [5.74, 6) is -2.34. The number of carbonyl (C=O) groups excluding carboxylic acids is 1. The molecule has 0 saturated heterocycles. The Labute approximate surface area is 129 Å². The Morgan fingerprint density at radius 2 is 1.70 bits per heavy atom. The van der Waals surface area contributed by atoms with Gasteiger partial charge in [0, 0.05) is 6.42 Å². The molecule has 0 spiro atoms. The number of carbonyl (C=O) groups is 1. The third-order valence-electron chi connectivity index (χ3n) is 2.69. The molecule has 0 aromatic heterocycles. The first-order chi connectivity index (χ1) is 9.40. The number of ketones is 1. The second kappa shape index (κ2) is 6.08. The summed E-state index contributed by atoms with van der Waals surface area (Å²) in [7, 11) is 0. The highest BCUT2D eigenvalue weighted by molar-refractivity contribution is 6.42. The molecule has 104 valence electrons. The van der Waals surface area contributed by atoms with Gasteiger partial charge in [0.05, 0.1) is 20.6 Å². The van der Waals surface area contributed by atoms with E-state index in [9.17, 15) is 13.6 Å². The van der Waals surface area contributed by atoms with Gasteiger partial charge in [0.1, 0.15) is 11.6 Å². The molecule has 2 rings (SSSR count). The van der Waals surface area contributed by atoms with Crippen LogP contribution in [-0.2, 0) is 6.42 Å². The number of Topliss-reactive ketones (excluding diaryl/α,β-unsaturated/α-hetero) is 1. The minimum absolute atomic E-state index is 0.183. The lowest BCUT2D eigenvalue weighted by Gasteiger charge is -2.07. The molecule has 0 amide bonds. The summed E-state index contributed by atoms with van der Waals surface area (Å²) in [4.78, 5) is 12.0. The van der Waals surface area contributed by atoms with Crippen molar-refractivity contribution in [1.29, 1.82) is 0 Å². The Kier molecular flexibility index (Phi) is 4.63. The van der Waals surface area contributed by atoms with Crippen molar-refractivity contribution in [2.24, 2.45) is 0 Å². The molecular formula is C14H7Cl3F2O. The maximum absolute atomic E-state index is 13.6. The van der Waals surface area contributed by atoms with Crippen LogP contribution in [-0.4, -0.2) is 5.78 Å². The number of halogens is 5. The first kappa shape index (κ1) is 15.2. The highest BCUT2D eigenvalue weighted by atomic mass is 35.5. The SMILES string of the molecule is O=C(Cc1cccc(Cl)c1Cl)c1cc(F)c(Cl)cc1F. The molecule has 6 heteroatoms. The molecule has 20 heavy (non-hydrogen) atoms. The molecule has 1 nitrogen and oxygen atoms in total. The smallest absolute Gasteiger partial charge is 0.170 e. The van der Waals surface area contributed by atoms with Crippen molar-refractivity contribution in [2.45, 2.75) is 6.42 Å². The Balaban J connectivity index is 2.33. The van der Waals surface area contributed by atoms with Crippen molar-refractivity contribution in [3.63, 3.8) is 0 Å². The normalized spacial score (nSPS) is 10.7. The second-order valence-electron chi connectivity index (χ2n) is 4.06. The average Bonchev–Trinajstić information content (AvgIpc) is 2.39. The van der Waals surface area contributed by atoms with Gasteiger partial charge in [-0.2, -0.15) is 0 Å². The summed E-state index contributed by atoms with van der Waals surface area (Å²) >= 11 is 17.2. The van der Waals surface area contributed by atoms with Crippen molar-refractivity contribution in [3.8, 4) is 0 Å². The molecule has 0 heterocycles. The third-order valence-corrected chi connectivity index (χ3v) is 3.84. The molecule has 0 unspecified atom stereocenters. The van der Waals surface area contributed by atoms with E-state index in [0.29, 0.717) is 10.6 Å². The van der Waals surface area contributed by atoms with Crippen molar-refractivity contribution in [3.05, 3.63) is 68.2 Å². The average molecular weight is 336 g/mol. The number of hydrogen-bond donors (Lipinski definition) is 0. The van der Waals surface area contributed by atoms with Gasteiger partial charge in [0.25, 0.3) is 0 Å². The van der Waals surface area contributed by atoms with Crippen LogP contribution in [0.1, 0.15) is 15.9 Å². The van der Waals surface area contributed by atoms with Crippen LogP contribution in [0.15, 0.2) is 30.3 Å². The van der Waals surface area contributed by atoms with E-state index in [-0.39, 0.29) is 22.0 Å². The number of rotatable bonds is 3. The van der Waals surface area contributed by atoms with Crippen LogP contribution < -0.4 is 0 Å². The van der Waals surface area contributed by atoms with Crippen LogP contribution in [0.5, 0.6) is 0 Å². The van der Waals surface area contributed by atoms with Crippen LogP contribution in [0.4, 0.5) is 8.78 Å². The topological polar surface area (TPSA) is 17.1 Å². The molecule has 0 bridgehead atoms. The molecule has 0 fully saturated rings. The second-order valence-corrected chi connectivity index (χ2v) is 5.25. The summed E-state index contributed by atoms with van der Waals surface area (Å²) in [6.45, 7) is 0. The van der Waals surface area contributed by atoms with E-state index in [0.717, 1.165) is 12.1 Å². The van der Waals surface area contributed by atoms with E-state index in [4.69, 9.17) is 34.8 Å². The van der Waals surface area contributed by atoms with Gasteiger partial charge in [-0.25, -0.2) is 8.78 Å². The lowest BCUT2D eigenvalue weighted by atomic mass is 10.0. The molecular weight excluding hydrogens is 329 g/mol. The van der Waals surface area contributed by atoms with Gasteiger partial charge in [-0.15, -0.1) is 0 Å². The minimum atomic E-state index is -0.875. The zero-order chi connectivity index (χ0) is 14.9. The maximum Gasteiger partial charge on any atom is 0.170 e. The van der Waals surface area contributed by atoms with Gasteiger partial charge in [-0.3, -0.25) is 4.79 Å². The molecule has 0 saturated carbocycles. The van der Waals surface area contributed by atoms with E-state index in [1.54, 1.807) is 18.2 Å². The largest absolute Gasteiger partial charge is 0.294 e. The Bertz CT molecular complexity index is 686. The van der Waals surface area contributed by atoms with E-state index >= 15 is 0 Å². The summed E-state index contributed by atoms with van der Waals surface area (Å²) in [6, 6.07) is 6.33. The van der Waals surface area contributed by atoms with E-state index in [2.05, 4.69) is 0 Å². The van der Waals surface area contributed by atoms with Crippen molar-refractivity contribution >= 4 is 40.6 Å². The molecule has 0 aliphatic carbocycles. The summed E-state index contributed by atoms with van der Waals surface area (Å²) in [5, 5.41) is 0.136. The molecule has 2 aromatic rings. The number of hydrogen-bond acceptors (Lipinski definition) is 1. The lowest BCUT2D eigenvalue weighted by Crippen LogP contribution is -2.07.